The maximum absolute atomic E-state index is 12.9. The molecular weight excluding hydrogens is 417 g/mol. The minimum Gasteiger partial charge on any atom is -0.462 e. The summed E-state index contributed by atoms with van der Waals surface area (Å²) in [5, 5.41) is 6.94. The van der Waals surface area contributed by atoms with Crippen LogP contribution in [0.5, 0.6) is 0 Å². The first kappa shape index (κ1) is 21.7. The Morgan fingerprint density at radius 1 is 1.20 bits per heavy atom. The maximum atomic E-state index is 12.9. The molecule has 6 nitrogen and oxygen atoms in total. The molecule has 0 radical (unpaired) electrons. The first-order valence-corrected chi connectivity index (χ1v) is 9.95. The van der Waals surface area contributed by atoms with Crippen LogP contribution in [0.4, 0.5) is 13.2 Å². The molecule has 1 amide bonds. The lowest BCUT2D eigenvalue weighted by Gasteiger charge is -2.23. The summed E-state index contributed by atoms with van der Waals surface area (Å²) in [6.45, 7) is 0.396. The lowest BCUT2D eigenvalue weighted by Crippen LogP contribution is -2.39. The SMILES string of the molecule is Cc1ccc(/C=C/c2nc(SCC(=O)N(Cc3ccccc3)CC(F)(F)F)n[nH]2)o1. The van der Waals surface area contributed by atoms with Crippen molar-refractivity contribution in [2.75, 3.05) is 12.3 Å². The number of amides is 1. The summed E-state index contributed by atoms with van der Waals surface area (Å²) in [5.41, 5.74) is 0.624. The average molecular weight is 436 g/mol. The standard InChI is InChI=1S/C20H19F3N4O2S/c1-14-7-8-16(29-14)9-10-17-24-19(26-25-17)30-12-18(28)27(13-20(21,22)23)11-15-5-3-2-4-6-15/h2-10H,11-13H2,1H3,(H,24,25,26)/b10-9+. The molecule has 2 aromatic heterocycles. The van der Waals surface area contributed by atoms with Gasteiger partial charge in [-0.1, -0.05) is 42.1 Å². The summed E-state index contributed by atoms with van der Waals surface area (Å²) in [4.78, 5) is 17.4. The number of H-pyrrole nitrogens is 1. The van der Waals surface area contributed by atoms with Gasteiger partial charge in [0.25, 0.3) is 0 Å². The van der Waals surface area contributed by atoms with Gasteiger partial charge in [0.1, 0.15) is 23.9 Å². The van der Waals surface area contributed by atoms with E-state index in [-0.39, 0.29) is 17.5 Å². The largest absolute Gasteiger partial charge is 0.462 e. The molecule has 0 bridgehead atoms. The number of thioether (sulfide) groups is 1. The molecule has 0 atom stereocenters. The summed E-state index contributed by atoms with van der Waals surface area (Å²) >= 11 is 0.971. The van der Waals surface area contributed by atoms with Crippen molar-refractivity contribution in [2.45, 2.75) is 24.8 Å². The monoisotopic (exact) mass is 436 g/mol. The van der Waals surface area contributed by atoms with E-state index >= 15 is 0 Å². The first-order valence-electron chi connectivity index (χ1n) is 8.97. The van der Waals surface area contributed by atoms with Crippen molar-refractivity contribution < 1.29 is 22.4 Å². The van der Waals surface area contributed by atoms with Crippen molar-refractivity contribution in [3.05, 3.63) is 65.4 Å². The van der Waals surface area contributed by atoms with Crippen LogP contribution >= 0.6 is 11.8 Å². The van der Waals surface area contributed by atoms with Crippen molar-refractivity contribution in [3.8, 4) is 0 Å². The van der Waals surface area contributed by atoms with Crippen LogP contribution in [0.2, 0.25) is 0 Å². The van der Waals surface area contributed by atoms with Crippen molar-refractivity contribution in [1.82, 2.24) is 20.1 Å². The Hall–Kier alpha value is -3.01. The molecule has 0 saturated carbocycles. The highest BCUT2D eigenvalue weighted by Crippen LogP contribution is 2.21. The highest BCUT2D eigenvalue weighted by atomic mass is 32.2. The Morgan fingerprint density at radius 3 is 2.63 bits per heavy atom. The second kappa shape index (κ2) is 9.66. The molecule has 0 unspecified atom stereocenters. The van der Waals surface area contributed by atoms with Gasteiger partial charge in [0.05, 0.1) is 5.75 Å². The normalized spacial score (nSPS) is 11.9. The fraction of sp³-hybridized carbons (Fsp3) is 0.250. The molecule has 1 aromatic carbocycles. The van der Waals surface area contributed by atoms with Gasteiger partial charge in [-0.05, 0) is 36.8 Å². The highest BCUT2D eigenvalue weighted by Gasteiger charge is 2.33. The lowest BCUT2D eigenvalue weighted by molar-refractivity contribution is -0.160. The number of halogens is 3. The molecule has 158 valence electrons. The zero-order valence-electron chi connectivity index (χ0n) is 16.0. The van der Waals surface area contributed by atoms with Crippen LogP contribution in [0, 0.1) is 6.92 Å². The molecule has 3 rings (SSSR count). The number of aryl methyl sites for hydroxylation is 1. The van der Waals surface area contributed by atoms with Gasteiger partial charge < -0.3 is 9.32 Å². The van der Waals surface area contributed by atoms with Crippen LogP contribution in [-0.4, -0.2) is 44.5 Å². The quantitative estimate of drug-likeness (QED) is 0.524. The topological polar surface area (TPSA) is 75.0 Å². The van der Waals surface area contributed by atoms with Crippen molar-refractivity contribution in [2.24, 2.45) is 0 Å². The number of rotatable bonds is 8. The van der Waals surface area contributed by atoms with Gasteiger partial charge >= 0.3 is 6.18 Å². The number of benzene rings is 1. The minimum absolute atomic E-state index is 0.121. The Balaban J connectivity index is 1.59. The molecule has 0 aliphatic rings. The van der Waals surface area contributed by atoms with E-state index in [0.29, 0.717) is 17.1 Å². The van der Waals surface area contributed by atoms with Gasteiger partial charge in [0.2, 0.25) is 11.1 Å². The first-order chi connectivity index (χ1) is 14.3. The zero-order valence-corrected chi connectivity index (χ0v) is 16.8. The van der Waals surface area contributed by atoms with Crippen molar-refractivity contribution >= 4 is 29.8 Å². The molecule has 0 saturated heterocycles. The zero-order chi connectivity index (χ0) is 21.6. The molecular formula is C20H19F3N4O2S. The van der Waals surface area contributed by atoms with Crippen molar-refractivity contribution in [1.29, 1.82) is 0 Å². The predicted molar refractivity (Wildman–Crippen MR) is 107 cm³/mol. The van der Waals surface area contributed by atoms with E-state index in [0.717, 1.165) is 22.4 Å². The molecule has 0 spiro atoms. The maximum Gasteiger partial charge on any atom is 0.406 e. The Bertz CT molecular complexity index is 999. The second-order valence-electron chi connectivity index (χ2n) is 6.42. The third-order valence-electron chi connectivity index (χ3n) is 3.91. The molecule has 2 heterocycles. The molecule has 0 aliphatic carbocycles. The number of aromatic amines is 1. The molecule has 0 aliphatic heterocycles. The van der Waals surface area contributed by atoms with E-state index in [2.05, 4.69) is 15.2 Å². The number of hydrogen-bond donors (Lipinski definition) is 1. The van der Waals surface area contributed by atoms with E-state index in [1.54, 1.807) is 48.6 Å². The van der Waals surface area contributed by atoms with Crippen LogP contribution in [0.25, 0.3) is 12.2 Å². The Morgan fingerprint density at radius 2 is 1.97 bits per heavy atom. The van der Waals surface area contributed by atoms with Gasteiger partial charge in [0.15, 0.2) is 0 Å². The van der Waals surface area contributed by atoms with Crippen LogP contribution in [0.1, 0.15) is 22.9 Å². The third kappa shape index (κ3) is 6.80. The van der Waals surface area contributed by atoms with Gasteiger partial charge in [-0.25, -0.2) is 4.98 Å². The summed E-state index contributed by atoms with van der Waals surface area (Å²) in [6.07, 6.45) is -1.12. The van der Waals surface area contributed by atoms with Gasteiger partial charge in [0, 0.05) is 6.54 Å². The number of carbonyl (C=O) groups excluding carboxylic acids is 1. The third-order valence-corrected chi connectivity index (χ3v) is 4.74. The number of aromatic nitrogens is 3. The van der Waals surface area contributed by atoms with E-state index in [9.17, 15) is 18.0 Å². The summed E-state index contributed by atoms with van der Waals surface area (Å²) in [5.74, 6) is 1.02. The summed E-state index contributed by atoms with van der Waals surface area (Å²) < 4.78 is 44.2. The summed E-state index contributed by atoms with van der Waals surface area (Å²) in [7, 11) is 0. The number of alkyl halides is 3. The van der Waals surface area contributed by atoms with E-state index < -0.39 is 18.6 Å². The molecule has 30 heavy (non-hydrogen) atoms. The van der Waals surface area contributed by atoms with E-state index in [1.807, 2.05) is 13.0 Å². The molecule has 10 heteroatoms. The molecule has 1 N–H and O–H groups in total. The van der Waals surface area contributed by atoms with Crippen LogP contribution in [0.3, 0.4) is 0 Å². The number of nitrogens with zero attached hydrogens (tertiary/aromatic N) is 3. The average Bonchev–Trinajstić information content (AvgIpc) is 3.32. The fourth-order valence-electron chi connectivity index (χ4n) is 2.57. The van der Waals surface area contributed by atoms with E-state index in [4.69, 9.17) is 4.42 Å². The predicted octanol–water partition coefficient (Wildman–Crippen LogP) is 4.56. The lowest BCUT2D eigenvalue weighted by atomic mass is 10.2. The van der Waals surface area contributed by atoms with Crippen LogP contribution in [0.15, 0.2) is 52.0 Å². The smallest absolute Gasteiger partial charge is 0.406 e. The van der Waals surface area contributed by atoms with Gasteiger partial charge in [-0.15, -0.1) is 5.10 Å². The second-order valence-corrected chi connectivity index (χ2v) is 7.37. The molecule has 0 fully saturated rings. The van der Waals surface area contributed by atoms with Gasteiger partial charge in [-0.3, -0.25) is 9.89 Å². The number of nitrogens with one attached hydrogen (secondary N) is 1. The summed E-state index contributed by atoms with van der Waals surface area (Å²) in [6, 6.07) is 12.2. The van der Waals surface area contributed by atoms with Crippen LogP contribution in [-0.2, 0) is 11.3 Å². The highest BCUT2D eigenvalue weighted by molar-refractivity contribution is 7.99. The molecule has 3 aromatic rings. The Kier molecular flexibility index (Phi) is 6.99. The van der Waals surface area contributed by atoms with E-state index in [1.165, 1.54) is 0 Å². The number of carbonyl (C=O) groups is 1. The number of furan rings is 1. The van der Waals surface area contributed by atoms with Crippen molar-refractivity contribution in [3.63, 3.8) is 0 Å². The number of hydrogen-bond acceptors (Lipinski definition) is 5. The fourth-order valence-corrected chi connectivity index (χ4v) is 3.28. The van der Waals surface area contributed by atoms with Gasteiger partial charge in [-0.2, -0.15) is 13.2 Å². The Labute approximate surface area is 175 Å². The minimum atomic E-state index is -4.48. The van der Waals surface area contributed by atoms with Crippen LogP contribution < -0.4 is 0 Å².